The van der Waals surface area contributed by atoms with Crippen molar-refractivity contribution in [3.05, 3.63) is 65.0 Å². The molecule has 3 rings (SSSR count). The number of hydrogen-bond acceptors (Lipinski definition) is 3. The van der Waals surface area contributed by atoms with Crippen molar-refractivity contribution in [1.29, 1.82) is 0 Å². The third-order valence-corrected chi connectivity index (χ3v) is 3.76. The van der Waals surface area contributed by atoms with E-state index in [0.29, 0.717) is 22.7 Å². The molecule has 6 nitrogen and oxygen atoms in total. The molecule has 0 unspecified atom stereocenters. The molecule has 9 heteroatoms. The molecule has 0 aliphatic carbocycles. The van der Waals surface area contributed by atoms with E-state index in [0.717, 1.165) is 0 Å². The number of aromatic amines is 1. The number of anilines is 1. The lowest BCUT2D eigenvalue weighted by Crippen LogP contribution is -2.29. The first kappa shape index (κ1) is 18.3. The first-order valence-electron chi connectivity index (χ1n) is 7.73. The summed E-state index contributed by atoms with van der Waals surface area (Å²) in [7, 11) is 1.54. The minimum atomic E-state index is -4.96. The lowest BCUT2D eigenvalue weighted by atomic mass is 10.1. The van der Waals surface area contributed by atoms with Crippen LogP contribution in [0, 0.1) is 0 Å². The van der Waals surface area contributed by atoms with E-state index in [4.69, 9.17) is 4.74 Å². The predicted molar refractivity (Wildman–Crippen MR) is 93.1 cm³/mol. The van der Waals surface area contributed by atoms with Crippen molar-refractivity contribution in [1.82, 2.24) is 9.78 Å². The molecule has 2 N–H and O–H groups in total. The summed E-state index contributed by atoms with van der Waals surface area (Å²) in [5, 5.41) is 4.69. The van der Waals surface area contributed by atoms with Gasteiger partial charge >= 0.3 is 12.1 Å². The van der Waals surface area contributed by atoms with Gasteiger partial charge in [-0.05, 0) is 42.0 Å². The van der Waals surface area contributed by atoms with E-state index in [1.54, 1.807) is 29.6 Å². The average Bonchev–Trinajstić information content (AvgIpc) is 3.03. The molecule has 0 aliphatic rings. The average molecular weight is 377 g/mol. The Hall–Kier alpha value is -3.49. The summed E-state index contributed by atoms with van der Waals surface area (Å²) in [5.41, 5.74) is 1.35. The van der Waals surface area contributed by atoms with Crippen molar-refractivity contribution in [2.75, 3.05) is 12.4 Å². The van der Waals surface area contributed by atoms with E-state index in [2.05, 4.69) is 5.10 Å². The topological polar surface area (TPSA) is 76.1 Å². The molecule has 0 radical (unpaired) electrons. The third-order valence-electron chi connectivity index (χ3n) is 3.76. The number of hydrogen-bond donors (Lipinski definition) is 2. The first-order valence-corrected chi connectivity index (χ1v) is 7.73. The van der Waals surface area contributed by atoms with Crippen LogP contribution in [-0.4, -0.2) is 29.0 Å². The van der Waals surface area contributed by atoms with E-state index < -0.39 is 12.1 Å². The number of alkyl halides is 3. The van der Waals surface area contributed by atoms with Gasteiger partial charge in [-0.25, -0.2) is 4.68 Å². The molecule has 1 aromatic heterocycles. The summed E-state index contributed by atoms with van der Waals surface area (Å²) < 4.78 is 43.2. The highest BCUT2D eigenvalue weighted by Crippen LogP contribution is 2.22. The molecule has 0 fully saturated rings. The maximum atomic E-state index is 12.3. The number of carbonyl (C=O) groups excluding carboxylic acids is 1. The van der Waals surface area contributed by atoms with Crippen LogP contribution in [0.3, 0.4) is 0 Å². The van der Waals surface area contributed by atoms with Crippen LogP contribution in [0.2, 0.25) is 0 Å². The lowest BCUT2D eigenvalue weighted by Gasteiger charge is -2.08. The standard InChI is InChI=1S/C18H14F3N3O3/c1-27-14-8-6-13(7-9-14)24-16(25)10-15(23-24)11-2-4-12(5-3-11)22-17(26)18(19,20)21/h2-10,23H,1H3,(H,22,26). The number of benzene rings is 2. The first-order chi connectivity index (χ1) is 12.8. The van der Waals surface area contributed by atoms with Gasteiger partial charge in [0.05, 0.1) is 18.5 Å². The lowest BCUT2D eigenvalue weighted by molar-refractivity contribution is -0.167. The zero-order valence-electron chi connectivity index (χ0n) is 14.0. The molecular weight excluding hydrogens is 363 g/mol. The fourth-order valence-corrected chi connectivity index (χ4v) is 2.40. The summed E-state index contributed by atoms with van der Waals surface area (Å²) in [6.45, 7) is 0. The van der Waals surface area contributed by atoms with Crippen LogP contribution in [0.5, 0.6) is 5.75 Å². The molecule has 0 saturated carbocycles. The maximum absolute atomic E-state index is 12.3. The molecule has 0 spiro atoms. The van der Waals surface area contributed by atoms with Gasteiger partial charge in [-0.1, -0.05) is 12.1 Å². The van der Waals surface area contributed by atoms with E-state index >= 15 is 0 Å². The number of nitrogens with zero attached hydrogens (tertiary/aromatic N) is 1. The number of ether oxygens (including phenoxy) is 1. The van der Waals surface area contributed by atoms with Crippen LogP contribution in [0.15, 0.2) is 59.4 Å². The highest BCUT2D eigenvalue weighted by atomic mass is 19.4. The number of rotatable bonds is 4. The Morgan fingerprint density at radius 3 is 2.26 bits per heavy atom. The number of carbonyl (C=O) groups is 1. The summed E-state index contributed by atoms with van der Waals surface area (Å²) in [4.78, 5) is 23.2. The number of aromatic nitrogens is 2. The van der Waals surface area contributed by atoms with Crippen molar-refractivity contribution in [2.24, 2.45) is 0 Å². The number of amides is 1. The molecule has 1 amide bonds. The number of H-pyrrole nitrogens is 1. The van der Waals surface area contributed by atoms with Gasteiger partial charge in [-0.2, -0.15) is 13.2 Å². The maximum Gasteiger partial charge on any atom is 0.471 e. The minimum Gasteiger partial charge on any atom is -0.497 e. The summed E-state index contributed by atoms with van der Waals surface area (Å²) in [6.07, 6.45) is -4.96. The zero-order chi connectivity index (χ0) is 19.6. The third kappa shape index (κ3) is 4.02. The minimum absolute atomic E-state index is 0.00184. The molecule has 0 bridgehead atoms. The van der Waals surface area contributed by atoms with Crippen molar-refractivity contribution >= 4 is 11.6 Å². The van der Waals surface area contributed by atoms with Crippen molar-refractivity contribution in [3.8, 4) is 22.7 Å². The Morgan fingerprint density at radius 1 is 1.07 bits per heavy atom. The molecule has 0 saturated heterocycles. The van der Waals surface area contributed by atoms with Crippen LogP contribution in [-0.2, 0) is 4.79 Å². The van der Waals surface area contributed by atoms with E-state index in [9.17, 15) is 22.8 Å². The molecule has 2 aromatic carbocycles. The number of methoxy groups -OCH3 is 1. The van der Waals surface area contributed by atoms with Crippen molar-refractivity contribution in [2.45, 2.75) is 6.18 Å². The molecule has 0 aliphatic heterocycles. The largest absolute Gasteiger partial charge is 0.497 e. The predicted octanol–water partition coefficient (Wildman–Crippen LogP) is 3.34. The van der Waals surface area contributed by atoms with Gasteiger partial charge in [0.25, 0.3) is 5.56 Å². The Bertz CT molecular complexity index is 1000. The Labute approximate surface area is 151 Å². The molecule has 0 atom stereocenters. The quantitative estimate of drug-likeness (QED) is 0.732. The molecule has 1 heterocycles. The van der Waals surface area contributed by atoms with Gasteiger partial charge in [0.1, 0.15) is 5.75 Å². The van der Waals surface area contributed by atoms with Gasteiger partial charge in [-0.15, -0.1) is 0 Å². The molecule has 140 valence electrons. The fourth-order valence-electron chi connectivity index (χ4n) is 2.40. The van der Waals surface area contributed by atoms with Crippen LogP contribution in [0.25, 0.3) is 16.9 Å². The SMILES string of the molecule is COc1ccc(-n2[nH]c(-c3ccc(NC(=O)C(F)(F)F)cc3)cc2=O)cc1. The van der Waals surface area contributed by atoms with Crippen LogP contribution in [0.1, 0.15) is 0 Å². The second-order valence-electron chi connectivity index (χ2n) is 5.57. The smallest absolute Gasteiger partial charge is 0.471 e. The summed E-state index contributed by atoms with van der Waals surface area (Å²) in [6, 6.07) is 13.8. The summed E-state index contributed by atoms with van der Waals surface area (Å²) >= 11 is 0. The number of nitrogens with one attached hydrogen (secondary N) is 2. The van der Waals surface area contributed by atoms with Gasteiger partial charge in [0.2, 0.25) is 0 Å². The molecular formula is C18H14F3N3O3. The Kier molecular flexibility index (Phi) is 4.76. The highest BCUT2D eigenvalue weighted by molar-refractivity contribution is 5.95. The van der Waals surface area contributed by atoms with E-state index in [1.807, 2.05) is 0 Å². The summed E-state index contributed by atoms with van der Waals surface area (Å²) in [5.74, 6) is -1.40. The Morgan fingerprint density at radius 2 is 1.70 bits per heavy atom. The van der Waals surface area contributed by atoms with Gasteiger partial charge in [0.15, 0.2) is 0 Å². The monoisotopic (exact) mass is 377 g/mol. The molecule has 27 heavy (non-hydrogen) atoms. The van der Waals surface area contributed by atoms with Crippen LogP contribution in [0.4, 0.5) is 18.9 Å². The van der Waals surface area contributed by atoms with Gasteiger partial charge in [0, 0.05) is 11.8 Å². The normalized spacial score (nSPS) is 11.3. The highest BCUT2D eigenvalue weighted by Gasteiger charge is 2.38. The van der Waals surface area contributed by atoms with Gasteiger partial charge < -0.3 is 10.1 Å². The molecule has 3 aromatic rings. The van der Waals surface area contributed by atoms with E-state index in [1.165, 1.54) is 42.1 Å². The second-order valence-corrected chi connectivity index (χ2v) is 5.57. The van der Waals surface area contributed by atoms with Gasteiger partial charge in [-0.3, -0.25) is 14.7 Å². The van der Waals surface area contributed by atoms with Crippen molar-refractivity contribution < 1.29 is 22.7 Å². The fraction of sp³-hybridized carbons (Fsp3) is 0.111. The van der Waals surface area contributed by atoms with Crippen LogP contribution < -0.4 is 15.6 Å². The zero-order valence-corrected chi connectivity index (χ0v) is 14.0. The number of halogens is 3. The van der Waals surface area contributed by atoms with E-state index in [-0.39, 0.29) is 11.2 Å². The second kappa shape index (κ2) is 7.02. The van der Waals surface area contributed by atoms with Crippen molar-refractivity contribution in [3.63, 3.8) is 0 Å². The Balaban J connectivity index is 1.83. The van der Waals surface area contributed by atoms with Crippen LogP contribution >= 0.6 is 0 Å².